The lowest BCUT2D eigenvalue weighted by atomic mass is 9.79. The molecule has 1 aliphatic rings. The van der Waals surface area contributed by atoms with Gasteiger partial charge in [-0.3, -0.25) is 9.36 Å². The predicted octanol–water partition coefficient (Wildman–Crippen LogP) is 5.96. The van der Waals surface area contributed by atoms with Gasteiger partial charge in [0.2, 0.25) is 0 Å². The molecule has 1 heterocycles. The van der Waals surface area contributed by atoms with Gasteiger partial charge in [-0.1, -0.05) is 43.6 Å². The molecule has 1 aliphatic carbocycles. The van der Waals surface area contributed by atoms with Gasteiger partial charge in [-0.25, -0.2) is 9.48 Å². The predicted molar refractivity (Wildman–Crippen MR) is 124 cm³/mol. The first kappa shape index (κ1) is 24.3. The number of hydrogen-bond donors (Lipinski definition) is 0. The van der Waals surface area contributed by atoms with Gasteiger partial charge in [-0.2, -0.15) is 13.2 Å². The number of ketones is 1. The molecule has 0 aliphatic heterocycles. The zero-order valence-electron chi connectivity index (χ0n) is 19.1. The Labute approximate surface area is 200 Å². The molecule has 0 atom stereocenters. The Morgan fingerprint density at radius 2 is 1.79 bits per heavy atom. The molecule has 2 aromatic carbocycles. The minimum atomic E-state index is -4.46. The van der Waals surface area contributed by atoms with Crippen LogP contribution in [-0.4, -0.2) is 20.1 Å². The van der Waals surface area contributed by atoms with Crippen molar-refractivity contribution in [3.05, 3.63) is 74.7 Å². The number of carbonyl (C=O) groups is 1. The van der Waals surface area contributed by atoms with Crippen LogP contribution in [0, 0.1) is 6.92 Å². The van der Waals surface area contributed by atoms with Gasteiger partial charge in [0.25, 0.3) is 0 Å². The van der Waals surface area contributed by atoms with Gasteiger partial charge in [0.05, 0.1) is 5.56 Å². The third-order valence-electron chi connectivity index (χ3n) is 6.15. The maximum atomic E-state index is 13.1. The molecule has 0 unspecified atom stereocenters. The normalized spacial score (nSPS) is 14.4. The minimum Gasteiger partial charge on any atom is -0.298 e. The maximum Gasteiger partial charge on any atom is 0.416 e. The third-order valence-corrected chi connectivity index (χ3v) is 6.38. The molecule has 9 heteroatoms. The molecule has 0 saturated heterocycles. The monoisotopic (exact) mass is 491 g/mol. The number of nitrogens with zero attached hydrogens (tertiary/aromatic N) is 3. The Kier molecular flexibility index (Phi) is 6.23. The Hall–Kier alpha value is -2.87. The van der Waals surface area contributed by atoms with Crippen molar-refractivity contribution in [2.75, 3.05) is 0 Å². The summed E-state index contributed by atoms with van der Waals surface area (Å²) in [6, 6.07) is 10.4. The fraction of sp³-hybridized carbons (Fsp3) is 0.400. The number of hydrogen-bond acceptors (Lipinski definition) is 3. The molecule has 0 spiro atoms. The first-order chi connectivity index (χ1) is 15.9. The van der Waals surface area contributed by atoms with Gasteiger partial charge < -0.3 is 0 Å². The molecule has 5 nitrogen and oxygen atoms in total. The van der Waals surface area contributed by atoms with Crippen molar-refractivity contribution in [2.24, 2.45) is 0 Å². The second-order valence-electron chi connectivity index (χ2n) is 9.50. The summed E-state index contributed by atoms with van der Waals surface area (Å²) < 4.78 is 42.2. The topological polar surface area (TPSA) is 56.9 Å². The van der Waals surface area contributed by atoms with Gasteiger partial charge >= 0.3 is 11.9 Å². The highest BCUT2D eigenvalue weighted by molar-refractivity contribution is 6.30. The Balaban J connectivity index is 1.60. The van der Waals surface area contributed by atoms with Crippen molar-refractivity contribution in [2.45, 2.75) is 64.2 Å². The van der Waals surface area contributed by atoms with E-state index in [0.29, 0.717) is 16.4 Å². The lowest BCUT2D eigenvalue weighted by Gasteiger charge is -2.25. The van der Waals surface area contributed by atoms with Crippen LogP contribution < -0.4 is 5.69 Å². The van der Waals surface area contributed by atoms with Crippen LogP contribution in [-0.2, 0) is 22.9 Å². The van der Waals surface area contributed by atoms with Crippen LogP contribution in [0.4, 0.5) is 13.2 Å². The highest BCUT2D eigenvalue weighted by Gasteiger charge is 2.34. The number of aryl methyl sites for hydroxylation is 1. The van der Waals surface area contributed by atoms with E-state index in [1.807, 2.05) is 6.92 Å². The van der Waals surface area contributed by atoms with E-state index in [1.54, 1.807) is 42.7 Å². The van der Waals surface area contributed by atoms with E-state index < -0.39 is 17.2 Å². The van der Waals surface area contributed by atoms with E-state index >= 15 is 0 Å². The number of Topliss-reactive ketones (excluding diaryl/α,β-unsaturated/α-hetero) is 1. The van der Waals surface area contributed by atoms with E-state index in [0.717, 1.165) is 40.8 Å². The summed E-state index contributed by atoms with van der Waals surface area (Å²) >= 11 is 6.07. The van der Waals surface area contributed by atoms with Crippen LogP contribution in [0.5, 0.6) is 0 Å². The molecule has 0 radical (unpaired) electrons. The standard InChI is InChI=1S/C25H25ClF3N3O2/c1-15-11-18(26)7-10-21(15)22-30-31(23(34)32(22)19-8-9-19)14-20(33)13-24(2,3)16-5-4-6-17(12-16)25(27,28)29/h4-7,10-12,19H,8-9,13-14H2,1-3H3. The van der Waals surface area contributed by atoms with Gasteiger partial charge in [0, 0.05) is 23.0 Å². The molecular formula is C25H25ClF3N3O2. The fourth-order valence-electron chi connectivity index (χ4n) is 4.18. The number of alkyl halides is 3. The smallest absolute Gasteiger partial charge is 0.298 e. The summed E-state index contributed by atoms with van der Waals surface area (Å²) in [5, 5.41) is 5.05. The molecular weight excluding hydrogens is 467 g/mol. The molecule has 34 heavy (non-hydrogen) atoms. The molecule has 1 fully saturated rings. The number of carbonyl (C=O) groups excluding carboxylic acids is 1. The highest BCUT2D eigenvalue weighted by atomic mass is 35.5. The summed E-state index contributed by atoms with van der Waals surface area (Å²) in [6.07, 6.45) is -2.77. The van der Waals surface area contributed by atoms with Crippen LogP contribution in [0.2, 0.25) is 5.02 Å². The van der Waals surface area contributed by atoms with Crippen molar-refractivity contribution in [1.82, 2.24) is 14.3 Å². The van der Waals surface area contributed by atoms with Gasteiger partial charge in [-0.15, -0.1) is 5.10 Å². The largest absolute Gasteiger partial charge is 0.416 e. The average Bonchev–Trinajstić information content (AvgIpc) is 3.52. The van der Waals surface area contributed by atoms with E-state index in [2.05, 4.69) is 5.10 Å². The summed E-state index contributed by atoms with van der Waals surface area (Å²) in [4.78, 5) is 26.0. The molecule has 4 rings (SSSR count). The van der Waals surface area contributed by atoms with Gasteiger partial charge in [0.1, 0.15) is 6.54 Å². The van der Waals surface area contributed by atoms with E-state index in [9.17, 15) is 22.8 Å². The minimum absolute atomic E-state index is 0.0354. The quantitative estimate of drug-likeness (QED) is 0.409. The molecule has 1 aromatic heterocycles. The first-order valence-corrected chi connectivity index (χ1v) is 11.4. The Morgan fingerprint density at radius 1 is 1.12 bits per heavy atom. The van der Waals surface area contributed by atoms with Crippen molar-refractivity contribution in [1.29, 1.82) is 0 Å². The third kappa shape index (κ3) is 4.97. The van der Waals surface area contributed by atoms with Crippen molar-refractivity contribution >= 4 is 17.4 Å². The lowest BCUT2D eigenvalue weighted by molar-refractivity contribution is -0.137. The lowest BCUT2D eigenvalue weighted by Crippen LogP contribution is -2.30. The van der Waals surface area contributed by atoms with Crippen molar-refractivity contribution in [3.8, 4) is 11.4 Å². The summed E-state index contributed by atoms with van der Waals surface area (Å²) in [5.41, 5.74) is 0.0674. The maximum absolute atomic E-state index is 13.1. The second kappa shape index (κ2) is 8.73. The fourth-order valence-corrected chi connectivity index (χ4v) is 4.41. The second-order valence-corrected chi connectivity index (χ2v) is 9.94. The SMILES string of the molecule is Cc1cc(Cl)ccc1-c1nn(CC(=O)CC(C)(C)c2cccc(C(F)(F)F)c2)c(=O)n1C1CC1. The number of aromatic nitrogens is 3. The Morgan fingerprint density at radius 3 is 2.41 bits per heavy atom. The van der Waals surface area contributed by atoms with Crippen LogP contribution in [0.1, 0.15) is 55.8 Å². The van der Waals surface area contributed by atoms with E-state index in [-0.39, 0.29) is 30.5 Å². The number of halogens is 4. The summed E-state index contributed by atoms with van der Waals surface area (Å²) in [7, 11) is 0. The number of benzene rings is 2. The van der Waals surface area contributed by atoms with Gasteiger partial charge in [-0.05, 0) is 60.6 Å². The molecule has 1 saturated carbocycles. The van der Waals surface area contributed by atoms with Gasteiger partial charge in [0.15, 0.2) is 11.6 Å². The van der Waals surface area contributed by atoms with Crippen LogP contribution in [0.3, 0.4) is 0 Å². The van der Waals surface area contributed by atoms with E-state index in [4.69, 9.17) is 11.6 Å². The average molecular weight is 492 g/mol. The summed E-state index contributed by atoms with van der Waals surface area (Å²) in [6.45, 7) is 5.06. The van der Waals surface area contributed by atoms with Crippen molar-refractivity contribution in [3.63, 3.8) is 0 Å². The van der Waals surface area contributed by atoms with Crippen molar-refractivity contribution < 1.29 is 18.0 Å². The van der Waals surface area contributed by atoms with Crippen LogP contribution >= 0.6 is 11.6 Å². The molecule has 0 N–H and O–H groups in total. The molecule has 3 aromatic rings. The first-order valence-electron chi connectivity index (χ1n) is 11.0. The molecule has 180 valence electrons. The van der Waals surface area contributed by atoms with E-state index in [1.165, 1.54) is 6.07 Å². The van der Waals surface area contributed by atoms with Crippen LogP contribution in [0.15, 0.2) is 47.3 Å². The summed E-state index contributed by atoms with van der Waals surface area (Å²) in [5.74, 6) is 0.205. The highest BCUT2D eigenvalue weighted by Crippen LogP contribution is 2.38. The molecule has 0 bridgehead atoms. The number of rotatable bonds is 7. The zero-order chi connectivity index (χ0) is 24.8. The Bertz CT molecular complexity index is 1300. The zero-order valence-corrected chi connectivity index (χ0v) is 19.9. The molecule has 0 amide bonds. The van der Waals surface area contributed by atoms with Crippen LogP contribution in [0.25, 0.3) is 11.4 Å².